The number of anilines is 1. The van der Waals surface area contributed by atoms with E-state index in [4.69, 9.17) is 5.84 Å². The molecule has 2 aromatic heterocycles. The molecule has 5 nitrogen and oxygen atoms in total. The monoisotopic (exact) mass is 191 g/mol. The second-order valence-corrected chi connectivity index (χ2v) is 3.19. The van der Waals surface area contributed by atoms with Gasteiger partial charge in [-0.2, -0.15) is 9.61 Å². The van der Waals surface area contributed by atoms with Crippen molar-refractivity contribution < 1.29 is 0 Å². The molecule has 0 aliphatic heterocycles. The normalized spacial score (nSPS) is 10.8. The van der Waals surface area contributed by atoms with Gasteiger partial charge in [0.1, 0.15) is 5.82 Å². The highest BCUT2D eigenvalue weighted by molar-refractivity contribution is 5.49. The number of fused-ring (bicyclic) bond motifs is 1. The molecule has 0 saturated carbocycles. The third kappa shape index (κ3) is 1.31. The van der Waals surface area contributed by atoms with Crippen molar-refractivity contribution in [1.82, 2.24) is 14.6 Å². The zero-order valence-corrected chi connectivity index (χ0v) is 8.28. The Kier molecular flexibility index (Phi) is 2.09. The number of aryl methyl sites for hydroxylation is 2. The molecule has 2 heterocycles. The van der Waals surface area contributed by atoms with Crippen LogP contribution in [0.25, 0.3) is 5.65 Å². The Hall–Kier alpha value is -1.62. The van der Waals surface area contributed by atoms with Crippen molar-refractivity contribution in [2.45, 2.75) is 20.3 Å². The number of nitrogens with two attached hydrogens (primary N) is 1. The molecule has 74 valence electrons. The van der Waals surface area contributed by atoms with Gasteiger partial charge in [-0.15, -0.1) is 0 Å². The number of hydrogen-bond donors (Lipinski definition) is 2. The van der Waals surface area contributed by atoms with E-state index in [1.54, 1.807) is 4.52 Å². The Morgan fingerprint density at radius 3 is 2.93 bits per heavy atom. The van der Waals surface area contributed by atoms with Crippen LogP contribution in [-0.4, -0.2) is 14.6 Å². The van der Waals surface area contributed by atoms with Crippen molar-refractivity contribution in [3.05, 3.63) is 23.5 Å². The first-order valence-electron chi connectivity index (χ1n) is 4.57. The van der Waals surface area contributed by atoms with Gasteiger partial charge in [0.2, 0.25) is 0 Å². The second kappa shape index (κ2) is 3.26. The number of hydrogen-bond acceptors (Lipinski definition) is 4. The van der Waals surface area contributed by atoms with Crippen molar-refractivity contribution in [1.29, 1.82) is 0 Å². The molecule has 14 heavy (non-hydrogen) atoms. The highest BCUT2D eigenvalue weighted by Crippen LogP contribution is 2.12. The van der Waals surface area contributed by atoms with Crippen molar-refractivity contribution >= 4 is 11.5 Å². The molecular formula is C9H13N5. The van der Waals surface area contributed by atoms with Gasteiger partial charge in [-0.25, -0.2) is 10.8 Å². The van der Waals surface area contributed by atoms with Gasteiger partial charge in [0.25, 0.3) is 0 Å². The molecule has 0 radical (unpaired) electrons. The minimum Gasteiger partial charge on any atom is -0.308 e. The molecule has 0 unspecified atom stereocenters. The predicted octanol–water partition coefficient (Wildman–Crippen LogP) is 0.886. The molecule has 5 heteroatoms. The van der Waals surface area contributed by atoms with Crippen LogP contribution in [0.1, 0.15) is 18.3 Å². The standard InChI is InChI=1S/C9H13N5/c1-3-7-5-8-11-6(2)4-9(12-10)14(8)13-7/h4-5,12H,3,10H2,1-2H3. The summed E-state index contributed by atoms with van der Waals surface area (Å²) < 4.78 is 1.71. The fourth-order valence-electron chi connectivity index (χ4n) is 1.42. The molecule has 2 rings (SSSR count). The largest absolute Gasteiger partial charge is 0.308 e. The molecule has 0 fully saturated rings. The maximum atomic E-state index is 5.40. The van der Waals surface area contributed by atoms with Crippen LogP contribution in [-0.2, 0) is 6.42 Å². The van der Waals surface area contributed by atoms with Crippen LogP contribution in [0.5, 0.6) is 0 Å². The summed E-state index contributed by atoms with van der Waals surface area (Å²) in [5, 5.41) is 4.35. The van der Waals surface area contributed by atoms with Crippen molar-refractivity contribution in [2.24, 2.45) is 5.84 Å². The Balaban J connectivity index is 2.71. The van der Waals surface area contributed by atoms with Gasteiger partial charge in [0, 0.05) is 17.8 Å². The summed E-state index contributed by atoms with van der Waals surface area (Å²) in [5.41, 5.74) is 5.37. The summed E-state index contributed by atoms with van der Waals surface area (Å²) in [4.78, 5) is 4.36. The van der Waals surface area contributed by atoms with Gasteiger partial charge < -0.3 is 5.43 Å². The lowest BCUT2D eigenvalue weighted by Gasteiger charge is -2.03. The molecule has 0 amide bonds. The Morgan fingerprint density at radius 2 is 2.29 bits per heavy atom. The Labute approximate surface area is 81.9 Å². The summed E-state index contributed by atoms with van der Waals surface area (Å²) >= 11 is 0. The van der Waals surface area contributed by atoms with E-state index in [2.05, 4.69) is 22.4 Å². The van der Waals surface area contributed by atoms with E-state index in [1.807, 2.05) is 19.1 Å². The first-order chi connectivity index (χ1) is 6.74. The van der Waals surface area contributed by atoms with E-state index < -0.39 is 0 Å². The molecule has 0 aromatic carbocycles. The smallest absolute Gasteiger partial charge is 0.157 e. The molecule has 0 aliphatic rings. The third-order valence-corrected chi connectivity index (χ3v) is 2.12. The minimum absolute atomic E-state index is 0.757. The van der Waals surface area contributed by atoms with E-state index in [-0.39, 0.29) is 0 Å². The van der Waals surface area contributed by atoms with Crippen LogP contribution in [0.3, 0.4) is 0 Å². The number of nitrogens with one attached hydrogen (secondary N) is 1. The average Bonchev–Trinajstić information content (AvgIpc) is 2.59. The van der Waals surface area contributed by atoms with E-state index in [9.17, 15) is 0 Å². The molecule has 0 atom stereocenters. The molecule has 0 spiro atoms. The van der Waals surface area contributed by atoms with Gasteiger partial charge in [0.15, 0.2) is 5.65 Å². The van der Waals surface area contributed by atoms with E-state index in [0.29, 0.717) is 0 Å². The highest BCUT2D eigenvalue weighted by atomic mass is 15.4. The van der Waals surface area contributed by atoms with Crippen LogP contribution in [0.15, 0.2) is 12.1 Å². The van der Waals surface area contributed by atoms with Gasteiger partial charge in [0.05, 0.1) is 5.69 Å². The van der Waals surface area contributed by atoms with Crippen LogP contribution in [0.2, 0.25) is 0 Å². The summed E-state index contributed by atoms with van der Waals surface area (Å²) in [6, 6.07) is 3.83. The molecule has 0 saturated heterocycles. The molecule has 0 aliphatic carbocycles. The van der Waals surface area contributed by atoms with Crippen molar-refractivity contribution in [3.63, 3.8) is 0 Å². The first-order valence-corrected chi connectivity index (χ1v) is 4.57. The summed E-state index contributed by atoms with van der Waals surface area (Å²) in [6.45, 7) is 3.99. The number of aromatic nitrogens is 3. The van der Waals surface area contributed by atoms with Crippen molar-refractivity contribution in [2.75, 3.05) is 5.43 Å². The summed E-state index contributed by atoms with van der Waals surface area (Å²) in [7, 11) is 0. The second-order valence-electron chi connectivity index (χ2n) is 3.19. The summed E-state index contributed by atoms with van der Waals surface area (Å²) in [6.07, 6.45) is 0.895. The van der Waals surface area contributed by atoms with E-state index in [1.165, 1.54) is 0 Å². The molecule has 3 N–H and O–H groups in total. The third-order valence-electron chi connectivity index (χ3n) is 2.12. The molecule has 2 aromatic rings. The quantitative estimate of drug-likeness (QED) is 0.546. The predicted molar refractivity (Wildman–Crippen MR) is 54.9 cm³/mol. The van der Waals surface area contributed by atoms with Crippen LogP contribution in [0, 0.1) is 6.92 Å². The SMILES string of the molecule is CCc1cc2nc(C)cc(NN)n2n1. The fourth-order valence-corrected chi connectivity index (χ4v) is 1.42. The number of hydrazine groups is 1. The lowest BCUT2D eigenvalue weighted by atomic mass is 10.3. The number of nitrogens with zero attached hydrogens (tertiary/aromatic N) is 3. The van der Waals surface area contributed by atoms with Crippen LogP contribution >= 0.6 is 0 Å². The zero-order chi connectivity index (χ0) is 10.1. The van der Waals surface area contributed by atoms with E-state index >= 15 is 0 Å². The average molecular weight is 191 g/mol. The minimum atomic E-state index is 0.757. The highest BCUT2D eigenvalue weighted by Gasteiger charge is 2.05. The Morgan fingerprint density at radius 1 is 1.50 bits per heavy atom. The van der Waals surface area contributed by atoms with Gasteiger partial charge in [-0.05, 0) is 13.3 Å². The molecular weight excluding hydrogens is 178 g/mol. The van der Waals surface area contributed by atoms with Gasteiger partial charge >= 0.3 is 0 Å². The van der Waals surface area contributed by atoms with Gasteiger partial charge in [-0.3, -0.25) is 0 Å². The molecule has 0 bridgehead atoms. The lowest BCUT2D eigenvalue weighted by molar-refractivity contribution is 0.882. The van der Waals surface area contributed by atoms with Gasteiger partial charge in [-0.1, -0.05) is 6.92 Å². The van der Waals surface area contributed by atoms with Crippen LogP contribution in [0.4, 0.5) is 5.82 Å². The Bertz CT molecular complexity index is 459. The topological polar surface area (TPSA) is 68.2 Å². The lowest BCUT2D eigenvalue weighted by Crippen LogP contribution is -2.12. The summed E-state index contributed by atoms with van der Waals surface area (Å²) in [5.74, 6) is 6.15. The maximum absolute atomic E-state index is 5.40. The van der Waals surface area contributed by atoms with E-state index in [0.717, 1.165) is 29.3 Å². The fraction of sp³-hybridized carbons (Fsp3) is 0.333. The van der Waals surface area contributed by atoms with Crippen LogP contribution < -0.4 is 11.3 Å². The maximum Gasteiger partial charge on any atom is 0.157 e. The zero-order valence-electron chi connectivity index (χ0n) is 8.28. The number of rotatable bonds is 2. The first kappa shape index (κ1) is 8.96. The number of nitrogen functional groups attached to an aromatic ring is 1. The van der Waals surface area contributed by atoms with Crippen molar-refractivity contribution in [3.8, 4) is 0 Å².